The van der Waals surface area contributed by atoms with E-state index in [1.54, 1.807) is 36.2 Å². The minimum absolute atomic E-state index is 0.0237. The zero-order valence-corrected chi connectivity index (χ0v) is 16.8. The van der Waals surface area contributed by atoms with Crippen LogP contribution < -0.4 is 19.3 Å². The van der Waals surface area contributed by atoms with Crippen molar-refractivity contribution in [2.24, 2.45) is 5.92 Å². The first-order chi connectivity index (χ1) is 13.5. The van der Waals surface area contributed by atoms with Crippen LogP contribution in [0.2, 0.25) is 0 Å². The predicted octanol–water partition coefficient (Wildman–Crippen LogP) is 3.42. The van der Waals surface area contributed by atoms with Crippen molar-refractivity contribution >= 4 is 23.2 Å². The summed E-state index contributed by atoms with van der Waals surface area (Å²) in [6.07, 6.45) is 0.204. The van der Waals surface area contributed by atoms with Crippen molar-refractivity contribution in [3.8, 4) is 11.5 Å². The molecular weight excluding hydrogens is 356 g/mol. The molecule has 0 radical (unpaired) electrons. The fourth-order valence-corrected chi connectivity index (χ4v) is 3.60. The summed E-state index contributed by atoms with van der Waals surface area (Å²) in [4.78, 5) is 29.2. The summed E-state index contributed by atoms with van der Waals surface area (Å²) >= 11 is 0. The Kier molecular flexibility index (Phi) is 5.87. The van der Waals surface area contributed by atoms with E-state index in [-0.39, 0.29) is 24.2 Å². The van der Waals surface area contributed by atoms with Crippen molar-refractivity contribution in [3.05, 3.63) is 48.0 Å². The molecule has 1 unspecified atom stereocenters. The number of ether oxygens (including phenoxy) is 2. The Bertz CT molecular complexity index is 881. The molecule has 28 heavy (non-hydrogen) atoms. The number of hydrogen-bond acceptors (Lipinski definition) is 4. The number of methoxy groups -OCH3 is 2. The molecule has 1 aliphatic rings. The number of amides is 2. The topological polar surface area (TPSA) is 59.1 Å². The quantitative estimate of drug-likeness (QED) is 0.768. The van der Waals surface area contributed by atoms with Gasteiger partial charge < -0.3 is 19.3 Å². The second kappa shape index (κ2) is 8.33. The molecule has 3 rings (SSSR count). The van der Waals surface area contributed by atoms with Gasteiger partial charge in [0.05, 0.1) is 20.1 Å². The average molecular weight is 382 g/mol. The minimum atomic E-state index is -0.374. The van der Waals surface area contributed by atoms with Crippen LogP contribution in [0.15, 0.2) is 42.5 Å². The first kappa shape index (κ1) is 19.7. The summed E-state index contributed by atoms with van der Waals surface area (Å²) < 4.78 is 10.6. The zero-order valence-electron chi connectivity index (χ0n) is 16.8. The molecule has 6 heteroatoms. The third-order valence-corrected chi connectivity index (χ3v) is 5.05. The maximum absolute atomic E-state index is 13.1. The Morgan fingerprint density at radius 1 is 1.14 bits per heavy atom. The molecule has 0 aliphatic carbocycles. The largest absolute Gasteiger partial charge is 0.493 e. The fourth-order valence-electron chi connectivity index (χ4n) is 3.60. The smallest absolute Gasteiger partial charge is 0.232 e. The molecule has 1 fully saturated rings. The Morgan fingerprint density at radius 2 is 1.89 bits per heavy atom. The molecule has 0 spiro atoms. The van der Waals surface area contributed by atoms with E-state index < -0.39 is 0 Å². The predicted molar refractivity (Wildman–Crippen MR) is 109 cm³/mol. The second-order valence-electron chi connectivity index (χ2n) is 6.87. The highest BCUT2D eigenvalue weighted by Crippen LogP contribution is 2.34. The van der Waals surface area contributed by atoms with Crippen LogP contribution in [0, 0.1) is 12.8 Å². The lowest BCUT2D eigenvalue weighted by Crippen LogP contribution is -2.37. The van der Waals surface area contributed by atoms with Crippen molar-refractivity contribution in [2.45, 2.75) is 20.3 Å². The van der Waals surface area contributed by atoms with E-state index in [9.17, 15) is 9.59 Å². The van der Waals surface area contributed by atoms with Gasteiger partial charge in [-0.05, 0) is 43.7 Å². The molecule has 1 aliphatic heterocycles. The molecule has 148 valence electrons. The van der Waals surface area contributed by atoms with Gasteiger partial charge in [-0.2, -0.15) is 0 Å². The number of hydrogen-bond donors (Lipinski definition) is 0. The Morgan fingerprint density at radius 3 is 2.54 bits per heavy atom. The summed E-state index contributed by atoms with van der Waals surface area (Å²) in [6, 6.07) is 13.2. The molecule has 0 N–H and O–H groups in total. The van der Waals surface area contributed by atoms with Crippen LogP contribution in [-0.4, -0.2) is 39.1 Å². The molecular formula is C22H26N2O4. The van der Waals surface area contributed by atoms with E-state index >= 15 is 0 Å². The van der Waals surface area contributed by atoms with E-state index in [4.69, 9.17) is 9.47 Å². The Hall–Kier alpha value is -3.02. The zero-order chi connectivity index (χ0) is 20.3. The second-order valence-corrected chi connectivity index (χ2v) is 6.87. The standard InChI is InChI=1S/C22H26N2O4/c1-5-23(17-8-6-7-15(2)11-17)22(26)16-12-21(25)24(14-16)18-9-10-19(27-3)20(13-18)28-4/h6-11,13,16H,5,12,14H2,1-4H3. The van der Waals surface area contributed by atoms with Crippen LogP contribution in [0.4, 0.5) is 11.4 Å². The van der Waals surface area contributed by atoms with Gasteiger partial charge in [-0.3, -0.25) is 9.59 Å². The van der Waals surface area contributed by atoms with Crippen LogP contribution in [0.5, 0.6) is 11.5 Å². The minimum Gasteiger partial charge on any atom is -0.493 e. The van der Waals surface area contributed by atoms with Crippen LogP contribution >= 0.6 is 0 Å². The maximum atomic E-state index is 13.1. The average Bonchev–Trinajstić information content (AvgIpc) is 3.09. The molecule has 0 saturated carbocycles. The molecule has 0 bridgehead atoms. The summed E-state index contributed by atoms with van der Waals surface area (Å²) in [5.41, 5.74) is 2.67. The molecule has 6 nitrogen and oxygen atoms in total. The number of aryl methyl sites for hydroxylation is 1. The van der Waals surface area contributed by atoms with Gasteiger partial charge in [0.25, 0.3) is 0 Å². The number of benzene rings is 2. The van der Waals surface area contributed by atoms with E-state index in [1.807, 2.05) is 44.2 Å². The highest BCUT2D eigenvalue weighted by molar-refractivity contribution is 6.04. The fraction of sp³-hybridized carbons (Fsp3) is 0.364. The van der Waals surface area contributed by atoms with Gasteiger partial charge >= 0.3 is 0 Å². The summed E-state index contributed by atoms with van der Waals surface area (Å²) in [5.74, 6) is 0.691. The molecule has 0 aromatic heterocycles. The lowest BCUT2D eigenvalue weighted by atomic mass is 10.1. The molecule has 2 amide bonds. The summed E-state index contributed by atoms with van der Waals surface area (Å²) in [7, 11) is 3.12. The Labute approximate surface area is 165 Å². The molecule has 1 saturated heterocycles. The number of anilines is 2. The van der Waals surface area contributed by atoms with Crippen LogP contribution in [-0.2, 0) is 9.59 Å². The van der Waals surface area contributed by atoms with E-state index in [2.05, 4.69) is 0 Å². The highest BCUT2D eigenvalue weighted by Gasteiger charge is 2.37. The lowest BCUT2D eigenvalue weighted by Gasteiger charge is -2.25. The van der Waals surface area contributed by atoms with Gasteiger partial charge in [-0.1, -0.05) is 12.1 Å². The number of rotatable bonds is 6. The summed E-state index contributed by atoms with van der Waals surface area (Å²) in [5, 5.41) is 0. The maximum Gasteiger partial charge on any atom is 0.232 e. The monoisotopic (exact) mass is 382 g/mol. The van der Waals surface area contributed by atoms with Crippen molar-refractivity contribution in [3.63, 3.8) is 0 Å². The van der Waals surface area contributed by atoms with E-state index in [1.165, 1.54) is 0 Å². The van der Waals surface area contributed by atoms with Crippen LogP contribution in [0.1, 0.15) is 18.9 Å². The molecule has 2 aromatic carbocycles. The number of nitrogens with zero attached hydrogens (tertiary/aromatic N) is 2. The van der Waals surface area contributed by atoms with Gasteiger partial charge in [-0.25, -0.2) is 0 Å². The number of carbonyl (C=O) groups is 2. The molecule has 2 aromatic rings. The van der Waals surface area contributed by atoms with Gasteiger partial charge in [-0.15, -0.1) is 0 Å². The highest BCUT2D eigenvalue weighted by atomic mass is 16.5. The third-order valence-electron chi connectivity index (χ3n) is 5.05. The van der Waals surface area contributed by atoms with Crippen molar-refractivity contribution < 1.29 is 19.1 Å². The molecule has 1 atom stereocenters. The van der Waals surface area contributed by atoms with Crippen molar-refractivity contribution in [2.75, 3.05) is 37.1 Å². The molecule has 1 heterocycles. The third kappa shape index (κ3) is 3.81. The van der Waals surface area contributed by atoms with Gasteiger partial charge in [0, 0.05) is 37.0 Å². The first-order valence-electron chi connectivity index (χ1n) is 9.39. The SMILES string of the molecule is CCN(C(=O)C1CC(=O)N(c2ccc(OC)c(OC)c2)C1)c1cccc(C)c1. The first-order valence-corrected chi connectivity index (χ1v) is 9.39. The van der Waals surface area contributed by atoms with Gasteiger partial charge in [0.2, 0.25) is 11.8 Å². The normalized spacial score (nSPS) is 16.2. The van der Waals surface area contributed by atoms with Crippen LogP contribution in [0.25, 0.3) is 0 Å². The Balaban J connectivity index is 1.81. The number of carbonyl (C=O) groups excluding carboxylic acids is 2. The lowest BCUT2D eigenvalue weighted by molar-refractivity contribution is -0.124. The van der Waals surface area contributed by atoms with Crippen LogP contribution in [0.3, 0.4) is 0 Å². The summed E-state index contributed by atoms with van der Waals surface area (Å²) in [6.45, 7) is 4.86. The van der Waals surface area contributed by atoms with Crippen molar-refractivity contribution in [1.29, 1.82) is 0 Å². The van der Waals surface area contributed by atoms with Crippen molar-refractivity contribution in [1.82, 2.24) is 0 Å². The van der Waals surface area contributed by atoms with E-state index in [0.29, 0.717) is 30.3 Å². The van der Waals surface area contributed by atoms with Gasteiger partial charge in [0.15, 0.2) is 11.5 Å². The van der Waals surface area contributed by atoms with E-state index in [0.717, 1.165) is 11.3 Å². The van der Waals surface area contributed by atoms with Gasteiger partial charge in [0.1, 0.15) is 0 Å².